The number of nitrogens with one attached hydrogen (secondary N) is 1. The zero-order chi connectivity index (χ0) is 21.8. The second kappa shape index (κ2) is 9.33. The average Bonchev–Trinajstić information content (AvgIpc) is 2.69. The molecule has 0 saturated heterocycles. The van der Waals surface area contributed by atoms with Crippen molar-refractivity contribution in [2.45, 2.75) is 45.9 Å². The van der Waals surface area contributed by atoms with Crippen LogP contribution in [0.3, 0.4) is 0 Å². The van der Waals surface area contributed by atoms with Crippen molar-refractivity contribution in [2.24, 2.45) is 0 Å². The molecule has 0 atom stereocenters. The summed E-state index contributed by atoms with van der Waals surface area (Å²) in [4.78, 5) is 24.1. The van der Waals surface area contributed by atoms with Crippen molar-refractivity contribution < 1.29 is 22.7 Å². The number of Topliss-reactive ketones (excluding diaryl/α,β-unsaturated/α-hetero) is 1. The van der Waals surface area contributed by atoms with E-state index in [1.165, 1.54) is 0 Å². The van der Waals surface area contributed by atoms with Gasteiger partial charge < -0.3 is 4.74 Å². The molecule has 0 unspecified atom stereocenters. The summed E-state index contributed by atoms with van der Waals surface area (Å²) in [7, 11) is -3.78. The van der Waals surface area contributed by atoms with E-state index in [1.807, 2.05) is 20.8 Å². The number of rotatable bonds is 8. The fourth-order valence-corrected chi connectivity index (χ4v) is 4.78. The lowest BCUT2D eigenvalue weighted by Crippen LogP contribution is -2.29. The minimum atomic E-state index is -3.78. The lowest BCUT2D eigenvalue weighted by Gasteiger charge is -2.19. The second-order valence-corrected chi connectivity index (χ2v) is 8.76. The summed E-state index contributed by atoms with van der Waals surface area (Å²) in [5.74, 6) is -0.946. The molecule has 1 N–H and O–H groups in total. The fourth-order valence-electron chi connectivity index (χ4n) is 3.15. The first-order chi connectivity index (χ1) is 13.6. The summed E-state index contributed by atoms with van der Waals surface area (Å²) in [6.45, 7) is 8.87. The normalized spacial score (nSPS) is 11.3. The molecule has 0 heterocycles. The van der Waals surface area contributed by atoms with Gasteiger partial charge in [-0.2, -0.15) is 0 Å². The van der Waals surface area contributed by atoms with Crippen LogP contribution >= 0.6 is 0 Å². The summed E-state index contributed by atoms with van der Waals surface area (Å²) < 4.78 is 33.0. The Morgan fingerprint density at radius 2 is 1.38 bits per heavy atom. The minimum absolute atomic E-state index is 0.106. The van der Waals surface area contributed by atoms with E-state index in [1.54, 1.807) is 44.2 Å². The maximum absolute atomic E-state index is 12.8. The fraction of sp³-hybridized carbons (Fsp3) is 0.364. The molecule has 0 fully saturated rings. The van der Waals surface area contributed by atoms with Gasteiger partial charge in [-0.25, -0.2) is 13.1 Å². The third-order valence-corrected chi connectivity index (χ3v) is 7.02. The number of hydrogen-bond donors (Lipinski definition) is 1. The van der Waals surface area contributed by atoms with E-state index < -0.39 is 16.0 Å². The molecule has 29 heavy (non-hydrogen) atoms. The molecular weight excluding hydrogens is 390 g/mol. The van der Waals surface area contributed by atoms with Gasteiger partial charge in [-0.15, -0.1) is 0 Å². The second-order valence-electron chi connectivity index (χ2n) is 7.05. The first-order valence-electron chi connectivity index (χ1n) is 9.36. The van der Waals surface area contributed by atoms with Gasteiger partial charge in [-0.05, 0) is 62.4 Å². The molecular formula is C22H27NO5S. The van der Waals surface area contributed by atoms with E-state index in [2.05, 4.69) is 4.72 Å². The van der Waals surface area contributed by atoms with Crippen LogP contribution in [0.4, 0.5) is 0 Å². The van der Waals surface area contributed by atoms with Crippen molar-refractivity contribution in [3.8, 4) is 0 Å². The van der Waals surface area contributed by atoms with Crippen LogP contribution in [0.25, 0.3) is 0 Å². The van der Waals surface area contributed by atoms with Gasteiger partial charge in [-0.1, -0.05) is 30.3 Å². The molecule has 2 aromatic rings. The smallest absolute Gasteiger partial charge is 0.307 e. The highest BCUT2D eigenvalue weighted by Gasteiger charge is 2.23. The standard InChI is InChI=1S/C22H27NO5S/c1-14-15(2)17(4)22(18(5)16(14)3)29(26,27)23-12-11-21(25)28-13-20(24)19-9-7-6-8-10-19/h6-10,23H,11-13H2,1-5H3. The number of sulfonamides is 1. The van der Waals surface area contributed by atoms with Crippen molar-refractivity contribution in [1.29, 1.82) is 0 Å². The first-order valence-corrected chi connectivity index (χ1v) is 10.8. The molecule has 0 bridgehead atoms. The lowest BCUT2D eigenvalue weighted by molar-refractivity contribution is -0.142. The average molecular weight is 418 g/mol. The van der Waals surface area contributed by atoms with Gasteiger partial charge in [0.15, 0.2) is 12.4 Å². The van der Waals surface area contributed by atoms with Gasteiger partial charge in [0, 0.05) is 12.1 Å². The van der Waals surface area contributed by atoms with Crippen LogP contribution in [0, 0.1) is 34.6 Å². The third kappa shape index (κ3) is 5.31. The Kier molecular flexibility index (Phi) is 7.32. The summed E-state index contributed by atoms with van der Waals surface area (Å²) in [6, 6.07) is 8.51. The van der Waals surface area contributed by atoms with E-state index in [0.717, 1.165) is 16.7 Å². The van der Waals surface area contributed by atoms with Gasteiger partial charge in [0.05, 0.1) is 11.3 Å². The Bertz CT molecular complexity index is 998. The number of carbonyl (C=O) groups is 2. The van der Waals surface area contributed by atoms with Gasteiger partial charge in [0.25, 0.3) is 0 Å². The van der Waals surface area contributed by atoms with Crippen LogP contribution in [0.5, 0.6) is 0 Å². The van der Waals surface area contributed by atoms with Gasteiger partial charge in [0.1, 0.15) is 0 Å². The lowest BCUT2D eigenvalue weighted by atomic mass is 9.95. The number of hydrogen-bond acceptors (Lipinski definition) is 5. The zero-order valence-electron chi connectivity index (χ0n) is 17.5. The van der Waals surface area contributed by atoms with Crippen molar-refractivity contribution in [3.63, 3.8) is 0 Å². The third-order valence-electron chi connectivity index (χ3n) is 5.28. The maximum atomic E-state index is 12.8. The predicted molar refractivity (Wildman–Crippen MR) is 112 cm³/mol. The first kappa shape index (κ1) is 22.8. The topological polar surface area (TPSA) is 89.5 Å². The number of benzene rings is 2. The van der Waals surface area contributed by atoms with Crippen LogP contribution in [-0.4, -0.2) is 33.3 Å². The Hall–Kier alpha value is -2.51. The van der Waals surface area contributed by atoms with Crippen LogP contribution < -0.4 is 4.72 Å². The Balaban J connectivity index is 1.96. The van der Waals surface area contributed by atoms with Crippen molar-refractivity contribution >= 4 is 21.8 Å². The molecule has 0 amide bonds. The molecule has 0 aliphatic carbocycles. The molecule has 2 aromatic carbocycles. The van der Waals surface area contributed by atoms with E-state index in [4.69, 9.17) is 4.74 Å². The van der Waals surface area contributed by atoms with Crippen LogP contribution in [0.2, 0.25) is 0 Å². The monoisotopic (exact) mass is 417 g/mol. The minimum Gasteiger partial charge on any atom is -0.457 e. The molecule has 7 heteroatoms. The van der Waals surface area contributed by atoms with Crippen LogP contribution in [0.15, 0.2) is 35.2 Å². The molecule has 0 spiro atoms. The molecule has 6 nitrogen and oxygen atoms in total. The molecule has 156 valence electrons. The largest absolute Gasteiger partial charge is 0.457 e. The predicted octanol–water partition coefficient (Wildman–Crippen LogP) is 3.32. The Labute approximate surface area is 172 Å². The highest BCUT2D eigenvalue weighted by Crippen LogP contribution is 2.29. The summed E-state index contributed by atoms with van der Waals surface area (Å²) in [5, 5.41) is 0. The number of esters is 1. The molecule has 0 aromatic heterocycles. The number of carbonyl (C=O) groups excluding carboxylic acids is 2. The van der Waals surface area contributed by atoms with E-state index in [9.17, 15) is 18.0 Å². The molecule has 0 aliphatic rings. The van der Waals surface area contributed by atoms with Crippen molar-refractivity contribution in [3.05, 3.63) is 63.7 Å². The quantitative estimate of drug-likeness (QED) is 0.526. The zero-order valence-corrected chi connectivity index (χ0v) is 18.3. The number of ketones is 1. The maximum Gasteiger partial charge on any atom is 0.307 e. The summed E-state index contributed by atoms with van der Waals surface area (Å²) >= 11 is 0. The summed E-state index contributed by atoms with van der Waals surface area (Å²) in [6.07, 6.45) is -0.163. The van der Waals surface area contributed by atoms with Gasteiger partial charge in [0.2, 0.25) is 10.0 Å². The van der Waals surface area contributed by atoms with Crippen LogP contribution in [0.1, 0.15) is 44.6 Å². The van der Waals surface area contributed by atoms with E-state index in [0.29, 0.717) is 16.7 Å². The van der Waals surface area contributed by atoms with E-state index >= 15 is 0 Å². The SMILES string of the molecule is Cc1c(C)c(C)c(S(=O)(=O)NCCC(=O)OCC(=O)c2ccccc2)c(C)c1C. The Morgan fingerprint density at radius 3 is 1.93 bits per heavy atom. The van der Waals surface area contributed by atoms with Crippen molar-refractivity contribution in [1.82, 2.24) is 4.72 Å². The molecule has 0 radical (unpaired) electrons. The highest BCUT2D eigenvalue weighted by molar-refractivity contribution is 7.89. The van der Waals surface area contributed by atoms with Crippen LogP contribution in [-0.2, 0) is 19.6 Å². The molecule has 0 saturated carbocycles. The molecule has 0 aliphatic heterocycles. The van der Waals surface area contributed by atoms with Gasteiger partial charge in [-0.3, -0.25) is 9.59 Å². The van der Waals surface area contributed by atoms with Gasteiger partial charge >= 0.3 is 5.97 Å². The van der Waals surface area contributed by atoms with Crippen molar-refractivity contribution in [2.75, 3.05) is 13.2 Å². The van der Waals surface area contributed by atoms with E-state index in [-0.39, 0.29) is 30.3 Å². The summed E-state index contributed by atoms with van der Waals surface area (Å²) in [5.41, 5.74) is 4.81. The Morgan fingerprint density at radius 1 is 0.862 bits per heavy atom. The highest BCUT2D eigenvalue weighted by atomic mass is 32.2. The molecule has 2 rings (SSSR count). The number of ether oxygens (including phenoxy) is 1.